The molecule has 2 rings (SSSR count). The molecule has 0 saturated carbocycles. The Kier molecular flexibility index (Phi) is 5.26. The highest BCUT2D eigenvalue weighted by atomic mass is 79.9. The van der Waals surface area contributed by atoms with Crippen molar-refractivity contribution in [2.24, 2.45) is 0 Å². The predicted molar refractivity (Wildman–Crippen MR) is 86.5 cm³/mol. The van der Waals surface area contributed by atoms with E-state index in [1.807, 2.05) is 13.0 Å². The first-order valence-electron chi connectivity index (χ1n) is 7.20. The molecule has 3 nitrogen and oxygen atoms in total. The molecular weight excluding hydrogens is 338 g/mol. The summed E-state index contributed by atoms with van der Waals surface area (Å²) in [5, 5.41) is 3.17. The second-order valence-electron chi connectivity index (χ2n) is 5.47. The number of rotatable bonds is 4. The Labute approximate surface area is 133 Å². The first-order valence-corrected chi connectivity index (χ1v) is 8.81. The van der Waals surface area contributed by atoms with Gasteiger partial charge in [-0.15, -0.1) is 11.3 Å². The molecule has 1 saturated heterocycles. The van der Waals surface area contributed by atoms with Crippen molar-refractivity contribution in [3.63, 3.8) is 0 Å². The Balaban J connectivity index is 2.00. The van der Waals surface area contributed by atoms with Gasteiger partial charge in [0.05, 0.1) is 14.3 Å². The number of halogens is 1. The lowest BCUT2D eigenvalue weighted by Gasteiger charge is -2.40. The highest BCUT2D eigenvalue weighted by molar-refractivity contribution is 9.11. The molecule has 1 atom stereocenters. The van der Waals surface area contributed by atoms with E-state index < -0.39 is 0 Å². The van der Waals surface area contributed by atoms with Crippen LogP contribution in [0, 0.1) is 6.92 Å². The summed E-state index contributed by atoms with van der Waals surface area (Å²) in [6, 6.07) is 2.16. The monoisotopic (exact) mass is 359 g/mol. The molecule has 1 aliphatic rings. The van der Waals surface area contributed by atoms with E-state index in [-0.39, 0.29) is 17.6 Å². The van der Waals surface area contributed by atoms with Crippen molar-refractivity contribution in [2.75, 3.05) is 6.61 Å². The SMILES string of the molecule is CCC1(CC)CC(NC(=O)c2cc(C)c(Br)s2)CCO1. The summed E-state index contributed by atoms with van der Waals surface area (Å²) in [7, 11) is 0. The number of hydrogen-bond donors (Lipinski definition) is 1. The van der Waals surface area contributed by atoms with E-state index in [0.29, 0.717) is 0 Å². The fraction of sp³-hybridized carbons (Fsp3) is 0.667. The van der Waals surface area contributed by atoms with Gasteiger partial charge in [0.25, 0.3) is 5.91 Å². The lowest BCUT2D eigenvalue weighted by molar-refractivity contribution is -0.0917. The van der Waals surface area contributed by atoms with Crippen molar-refractivity contribution in [1.29, 1.82) is 0 Å². The van der Waals surface area contributed by atoms with Crippen LogP contribution in [0.15, 0.2) is 9.85 Å². The van der Waals surface area contributed by atoms with Crippen LogP contribution in [0.2, 0.25) is 0 Å². The van der Waals surface area contributed by atoms with E-state index in [1.165, 1.54) is 11.3 Å². The number of carbonyl (C=O) groups excluding carboxylic acids is 1. The predicted octanol–water partition coefficient (Wildman–Crippen LogP) is 4.29. The highest BCUT2D eigenvalue weighted by Gasteiger charge is 2.35. The van der Waals surface area contributed by atoms with Crippen LogP contribution in [0.3, 0.4) is 0 Å². The van der Waals surface area contributed by atoms with E-state index in [9.17, 15) is 4.79 Å². The molecule has 1 fully saturated rings. The average molecular weight is 360 g/mol. The number of thiophene rings is 1. The summed E-state index contributed by atoms with van der Waals surface area (Å²) in [4.78, 5) is 13.1. The molecule has 0 radical (unpaired) electrons. The summed E-state index contributed by atoms with van der Waals surface area (Å²) in [5.74, 6) is 0.0387. The fourth-order valence-corrected chi connectivity index (χ4v) is 4.16. The Morgan fingerprint density at radius 2 is 2.25 bits per heavy atom. The molecule has 0 aliphatic carbocycles. The Morgan fingerprint density at radius 1 is 1.55 bits per heavy atom. The topological polar surface area (TPSA) is 38.3 Å². The highest BCUT2D eigenvalue weighted by Crippen LogP contribution is 2.32. The molecule has 0 bridgehead atoms. The van der Waals surface area contributed by atoms with Crippen LogP contribution >= 0.6 is 27.3 Å². The first-order chi connectivity index (χ1) is 9.49. The summed E-state index contributed by atoms with van der Waals surface area (Å²) in [5.41, 5.74) is 1.06. The Morgan fingerprint density at radius 3 is 2.80 bits per heavy atom. The molecule has 112 valence electrons. The van der Waals surface area contributed by atoms with Gasteiger partial charge < -0.3 is 10.1 Å². The molecule has 0 spiro atoms. The molecule has 5 heteroatoms. The third kappa shape index (κ3) is 3.43. The van der Waals surface area contributed by atoms with Gasteiger partial charge in [-0.05, 0) is 60.2 Å². The van der Waals surface area contributed by atoms with Crippen LogP contribution in [0.4, 0.5) is 0 Å². The minimum Gasteiger partial charge on any atom is -0.375 e. The van der Waals surface area contributed by atoms with Gasteiger partial charge in [-0.25, -0.2) is 0 Å². The zero-order chi connectivity index (χ0) is 14.8. The molecule has 1 aliphatic heterocycles. The summed E-state index contributed by atoms with van der Waals surface area (Å²) in [6.07, 6.45) is 3.81. The Bertz CT molecular complexity index is 463. The van der Waals surface area contributed by atoms with Gasteiger partial charge in [0.15, 0.2) is 0 Å². The molecular formula is C15H22BrNO2S. The lowest BCUT2D eigenvalue weighted by atomic mass is 9.86. The molecule has 1 aromatic rings. The fourth-order valence-electron chi connectivity index (χ4n) is 2.72. The minimum atomic E-state index is -0.0534. The maximum absolute atomic E-state index is 12.3. The molecule has 2 heterocycles. The van der Waals surface area contributed by atoms with Crippen LogP contribution in [0.25, 0.3) is 0 Å². The normalized spacial score (nSPS) is 21.7. The van der Waals surface area contributed by atoms with Crippen molar-refractivity contribution in [2.45, 2.75) is 58.1 Å². The van der Waals surface area contributed by atoms with Gasteiger partial charge in [0.1, 0.15) is 0 Å². The third-order valence-corrected chi connectivity index (χ3v) is 6.33. The van der Waals surface area contributed by atoms with Gasteiger partial charge in [-0.3, -0.25) is 4.79 Å². The van der Waals surface area contributed by atoms with Gasteiger partial charge >= 0.3 is 0 Å². The van der Waals surface area contributed by atoms with Crippen LogP contribution < -0.4 is 5.32 Å². The number of hydrogen-bond acceptors (Lipinski definition) is 3. The second-order valence-corrected chi connectivity index (χ2v) is 7.84. The van der Waals surface area contributed by atoms with Crippen molar-refractivity contribution in [1.82, 2.24) is 5.32 Å². The van der Waals surface area contributed by atoms with Crippen LogP contribution in [-0.2, 0) is 4.74 Å². The average Bonchev–Trinajstić information content (AvgIpc) is 2.79. The number of aryl methyl sites for hydroxylation is 1. The standard InChI is InChI=1S/C15H22BrNO2S/c1-4-15(5-2)9-11(6-7-19-15)17-14(18)12-8-10(3)13(16)20-12/h8,11H,4-7,9H2,1-3H3,(H,17,18). The summed E-state index contributed by atoms with van der Waals surface area (Å²) >= 11 is 4.96. The molecule has 1 aromatic heterocycles. The van der Waals surface area contributed by atoms with Gasteiger partial charge in [-0.2, -0.15) is 0 Å². The van der Waals surface area contributed by atoms with E-state index >= 15 is 0 Å². The third-order valence-electron chi connectivity index (χ3n) is 4.20. The van der Waals surface area contributed by atoms with Crippen molar-refractivity contribution >= 4 is 33.2 Å². The van der Waals surface area contributed by atoms with Crippen LogP contribution in [0.5, 0.6) is 0 Å². The largest absolute Gasteiger partial charge is 0.375 e. The molecule has 1 unspecified atom stereocenters. The molecule has 1 amide bonds. The molecule has 1 N–H and O–H groups in total. The van der Waals surface area contributed by atoms with Gasteiger partial charge in [-0.1, -0.05) is 13.8 Å². The smallest absolute Gasteiger partial charge is 0.261 e. The number of ether oxygens (including phenoxy) is 1. The van der Waals surface area contributed by atoms with Crippen molar-refractivity contribution in [3.8, 4) is 0 Å². The second kappa shape index (κ2) is 6.58. The van der Waals surface area contributed by atoms with Crippen LogP contribution in [-0.4, -0.2) is 24.2 Å². The van der Waals surface area contributed by atoms with Gasteiger partial charge in [0, 0.05) is 12.6 Å². The van der Waals surface area contributed by atoms with Crippen LogP contribution in [0.1, 0.15) is 54.8 Å². The first kappa shape index (κ1) is 16.0. The molecule has 0 aromatic carbocycles. The number of carbonyl (C=O) groups is 1. The van der Waals surface area contributed by atoms with Crippen molar-refractivity contribution < 1.29 is 9.53 Å². The van der Waals surface area contributed by atoms with E-state index in [0.717, 1.165) is 46.5 Å². The van der Waals surface area contributed by atoms with E-state index in [2.05, 4.69) is 35.1 Å². The number of nitrogens with one attached hydrogen (secondary N) is 1. The maximum atomic E-state index is 12.3. The summed E-state index contributed by atoms with van der Waals surface area (Å²) < 4.78 is 6.98. The minimum absolute atomic E-state index is 0.0387. The zero-order valence-electron chi connectivity index (χ0n) is 12.3. The number of amides is 1. The Hall–Kier alpha value is -0.390. The maximum Gasteiger partial charge on any atom is 0.261 e. The molecule has 20 heavy (non-hydrogen) atoms. The zero-order valence-corrected chi connectivity index (χ0v) is 14.7. The summed E-state index contributed by atoms with van der Waals surface area (Å²) in [6.45, 7) is 7.06. The van der Waals surface area contributed by atoms with Gasteiger partial charge in [0.2, 0.25) is 0 Å². The quantitative estimate of drug-likeness (QED) is 0.870. The van der Waals surface area contributed by atoms with E-state index in [1.54, 1.807) is 0 Å². The van der Waals surface area contributed by atoms with Crippen molar-refractivity contribution in [3.05, 3.63) is 20.3 Å². The lowest BCUT2D eigenvalue weighted by Crippen LogP contribution is -2.48. The van der Waals surface area contributed by atoms with E-state index in [4.69, 9.17) is 4.74 Å².